The summed E-state index contributed by atoms with van der Waals surface area (Å²) in [5.74, 6) is -1.44. The van der Waals surface area contributed by atoms with Crippen molar-refractivity contribution < 1.29 is 28.2 Å². The first-order chi connectivity index (χ1) is 15.7. The van der Waals surface area contributed by atoms with Gasteiger partial charge in [-0.15, -0.1) is 0 Å². The number of rotatable bonds is 3. The van der Waals surface area contributed by atoms with Crippen LogP contribution in [0.2, 0.25) is 0 Å². The van der Waals surface area contributed by atoms with Crippen molar-refractivity contribution in [1.82, 2.24) is 10.0 Å². The molecule has 3 aliphatic heterocycles. The normalized spacial score (nSPS) is 27.8. The third kappa shape index (κ3) is 4.18. The molecule has 0 spiro atoms. The molecule has 0 aliphatic carbocycles. The van der Waals surface area contributed by atoms with Crippen LogP contribution in [0.15, 0.2) is 48.5 Å². The van der Waals surface area contributed by atoms with Gasteiger partial charge in [-0.05, 0) is 62.4 Å². The third-order valence-corrected chi connectivity index (χ3v) is 5.89. The van der Waals surface area contributed by atoms with E-state index in [2.05, 4.69) is 10.6 Å². The van der Waals surface area contributed by atoms with Crippen molar-refractivity contribution in [2.45, 2.75) is 44.2 Å². The molecular weight excluding hydrogens is 431 g/mol. The van der Waals surface area contributed by atoms with Crippen LogP contribution in [0.5, 0.6) is 0 Å². The van der Waals surface area contributed by atoms with E-state index in [1.165, 1.54) is 29.3 Å². The molecule has 9 nitrogen and oxygen atoms in total. The zero-order valence-corrected chi connectivity index (χ0v) is 18.4. The molecule has 0 aromatic heterocycles. The topological polar surface area (TPSA) is 92.4 Å². The molecule has 3 amide bonds. The van der Waals surface area contributed by atoms with Crippen LogP contribution in [-0.2, 0) is 14.2 Å². The summed E-state index contributed by atoms with van der Waals surface area (Å²) < 4.78 is 31.0. The van der Waals surface area contributed by atoms with E-state index in [0.717, 1.165) is 0 Å². The lowest BCUT2D eigenvalue weighted by Crippen LogP contribution is -2.59. The molecule has 5 rings (SSSR count). The maximum absolute atomic E-state index is 13.1. The van der Waals surface area contributed by atoms with E-state index < -0.39 is 12.0 Å². The van der Waals surface area contributed by atoms with Crippen LogP contribution < -0.4 is 10.6 Å². The molecule has 2 aromatic carbocycles. The number of hydrogen-bond donors (Lipinski definition) is 2. The Morgan fingerprint density at radius 2 is 1.58 bits per heavy atom. The monoisotopic (exact) mass is 456 g/mol. The van der Waals surface area contributed by atoms with Gasteiger partial charge in [-0.3, -0.25) is 4.79 Å². The summed E-state index contributed by atoms with van der Waals surface area (Å²) in [4.78, 5) is 25.5. The van der Waals surface area contributed by atoms with Gasteiger partial charge in [-0.2, -0.15) is 0 Å². The number of benzene rings is 2. The minimum atomic E-state index is -0.724. The fraction of sp³-hybridized carbons (Fsp3) is 0.391. The lowest BCUT2D eigenvalue weighted by atomic mass is 10.1. The van der Waals surface area contributed by atoms with Gasteiger partial charge in [-0.1, -0.05) is 0 Å². The number of hydrazine groups is 1. The molecule has 3 saturated heterocycles. The van der Waals surface area contributed by atoms with Gasteiger partial charge in [0, 0.05) is 30.5 Å². The number of nitrogens with one attached hydrogen (secondary N) is 2. The van der Waals surface area contributed by atoms with E-state index >= 15 is 0 Å². The highest BCUT2D eigenvalue weighted by Crippen LogP contribution is 2.42. The molecule has 3 heterocycles. The Morgan fingerprint density at radius 1 is 0.970 bits per heavy atom. The zero-order valence-electron chi connectivity index (χ0n) is 18.4. The van der Waals surface area contributed by atoms with Crippen LogP contribution in [0.4, 0.5) is 20.6 Å². The van der Waals surface area contributed by atoms with Crippen molar-refractivity contribution in [3.8, 4) is 0 Å². The van der Waals surface area contributed by atoms with Crippen molar-refractivity contribution >= 4 is 23.3 Å². The average molecular weight is 456 g/mol. The average Bonchev–Trinajstić information content (AvgIpc) is 3.22. The van der Waals surface area contributed by atoms with Crippen molar-refractivity contribution in [3.63, 3.8) is 0 Å². The standard InChI is InChI=1S/C23H25FN4O5/c1-23(2)32-18-17-12-27(3)28(21(31-17)19(18)33-23)22(30)26-16-8-4-13(5-9-16)20(29)25-15-10-6-14(24)7-11-15/h4-11,17-19,21H,12H2,1-3H3,(H,25,29)(H,26,30)/t17-,18-,19-,21-/m1/s1. The maximum atomic E-state index is 13.1. The Labute approximate surface area is 190 Å². The molecule has 3 fully saturated rings. The van der Waals surface area contributed by atoms with Gasteiger partial charge in [0.05, 0.1) is 0 Å². The number of ether oxygens (including phenoxy) is 3. The summed E-state index contributed by atoms with van der Waals surface area (Å²) in [5, 5.41) is 8.85. The van der Waals surface area contributed by atoms with Crippen molar-refractivity contribution in [2.24, 2.45) is 0 Å². The first-order valence-corrected chi connectivity index (χ1v) is 10.7. The largest absolute Gasteiger partial charge is 0.346 e. The molecule has 0 saturated carbocycles. The first kappa shape index (κ1) is 21.8. The fourth-order valence-electron chi connectivity index (χ4n) is 4.44. The highest BCUT2D eigenvalue weighted by Gasteiger charge is 2.61. The van der Waals surface area contributed by atoms with Gasteiger partial charge in [0.2, 0.25) is 0 Å². The van der Waals surface area contributed by atoms with Gasteiger partial charge in [0.25, 0.3) is 5.91 Å². The highest BCUT2D eigenvalue weighted by molar-refractivity contribution is 6.04. The number of carbonyl (C=O) groups is 2. The van der Waals surface area contributed by atoms with Crippen LogP contribution in [-0.4, -0.2) is 65.9 Å². The first-order valence-electron chi connectivity index (χ1n) is 10.7. The summed E-state index contributed by atoms with van der Waals surface area (Å²) in [7, 11) is 1.82. The quantitative estimate of drug-likeness (QED) is 0.738. The molecule has 3 aliphatic rings. The molecule has 33 heavy (non-hydrogen) atoms. The van der Waals surface area contributed by atoms with Gasteiger partial charge in [-0.25, -0.2) is 19.2 Å². The summed E-state index contributed by atoms with van der Waals surface area (Å²) in [6, 6.07) is 11.6. The highest BCUT2D eigenvalue weighted by atomic mass is 19.1. The number of urea groups is 1. The zero-order chi connectivity index (χ0) is 23.3. The van der Waals surface area contributed by atoms with E-state index in [0.29, 0.717) is 23.5 Å². The number of anilines is 2. The Balaban J connectivity index is 1.24. The number of hydrogen-bond acceptors (Lipinski definition) is 6. The molecule has 10 heteroatoms. The van der Waals surface area contributed by atoms with Gasteiger partial charge in [0.1, 0.15) is 24.1 Å². The molecule has 2 bridgehead atoms. The van der Waals surface area contributed by atoms with Crippen molar-refractivity contribution in [3.05, 3.63) is 59.9 Å². The number of nitrogens with zero attached hydrogens (tertiary/aromatic N) is 2. The second-order valence-electron chi connectivity index (χ2n) is 8.78. The number of likely N-dealkylation sites (N-methyl/N-ethyl adjacent to an activating group) is 1. The molecule has 0 radical (unpaired) electrons. The molecule has 0 unspecified atom stereocenters. The van der Waals surface area contributed by atoms with Crippen molar-refractivity contribution in [1.29, 1.82) is 0 Å². The second-order valence-corrected chi connectivity index (χ2v) is 8.78. The minimum Gasteiger partial charge on any atom is -0.346 e. The Hall–Kier alpha value is -3.05. The van der Waals surface area contributed by atoms with Crippen LogP contribution in [0.25, 0.3) is 0 Å². The van der Waals surface area contributed by atoms with E-state index in [-0.39, 0.29) is 36.1 Å². The number of carbonyl (C=O) groups excluding carboxylic acids is 2. The lowest BCUT2D eigenvalue weighted by Gasteiger charge is -2.42. The van der Waals surface area contributed by atoms with Crippen molar-refractivity contribution in [2.75, 3.05) is 24.2 Å². The molecule has 2 aromatic rings. The van der Waals surface area contributed by atoms with Gasteiger partial charge >= 0.3 is 6.03 Å². The third-order valence-electron chi connectivity index (χ3n) is 5.89. The van der Waals surface area contributed by atoms with Gasteiger partial charge in [0.15, 0.2) is 12.0 Å². The summed E-state index contributed by atoms with van der Waals surface area (Å²) in [5.41, 5.74) is 1.41. The predicted molar refractivity (Wildman–Crippen MR) is 117 cm³/mol. The fourth-order valence-corrected chi connectivity index (χ4v) is 4.44. The Bertz CT molecular complexity index is 1060. The van der Waals surface area contributed by atoms with Crippen LogP contribution in [0.1, 0.15) is 24.2 Å². The molecule has 174 valence electrons. The predicted octanol–water partition coefficient (Wildman–Crippen LogP) is 3.02. The lowest BCUT2D eigenvalue weighted by molar-refractivity contribution is -0.247. The second kappa shape index (κ2) is 8.07. The van der Waals surface area contributed by atoms with Crippen LogP contribution in [0.3, 0.4) is 0 Å². The SMILES string of the molecule is CN1C[C@H]2O[C@H]([C@@H]3OC(C)(C)O[C@@H]32)N1C(=O)Nc1ccc(C(=O)Nc2ccc(F)cc2)cc1. The Morgan fingerprint density at radius 3 is 2.27 bits per heavy atom. The molecule has 4 atom stereocenters. The molecular formula is C23H25FN4O5. The van der Waals surface area contributed by atoms with E-state index in [1.807, 2.05) is 20.9 Å². The number of fused-ring (bicyclic) bond motifs is 5. The minimum absolute atomic E-state index is 0.172. The van der Waals surface area contributed by atoms with E-state index in [1.54, 1.807) is 29.3 Å². The van der Waals surface area contributed by atoms with E-state index in [9.17, 15) is 14.0 Å². The number of amides is 3. The summed E-state index contributed by atoms with van der Waals surface area (Å²) >= 11 is 0. The van der Waals surface area contributed by atoms with E-state index in [4.69, 9.17) is 14.2 Å². The maximum Gasteiger partial charge on any atom is 0.338 e. The van der Waals surface area contributed by atoms with Crippen LogP contribution >= 0.6 is 0 Å². The molecule has 2 N–H and O–H groups in total. The Kier molecular flexibility index (Phi) is 5.32. The summed E-state index contributed by atoms with van der Waals surface area (Å²) in [6.45, 7) is 4.19. The van der Waals surface area contributed by atoms with Crippen LogP contribution in [0, 0.1) is 5.82 Å². The summed E-state index contributed by atoms with van der Waals surface area (Å²) in [6.07, 6.45) is -1.38. The smallest absolute Gasteiger partial charge is 0.338 e. The number of halogens is 1. The van der Waals surface area contributed by atoms with Gasteiger partial charge < -0.3 is 24.8 Å².